The number of aliphatic hydroxyl groups is 1. The summed E-state index contributed by atoms with van der Waals surface area (Å²) in [6, 6.07) is 3.77. The van der Waals surface area contributed by atoms with Crippen LogP contribution in [0.3, 0.4) is 0 Å². The van der Waals surface area contributed by atoms with Gasteiger partial charge in [0.1, 0.15) is 18.2 Å². The van der Waals surface area contributed by atoms with Crippen LogP contribution in [0, 0.1) is 5.82 Å². The van der Waals surface area contributed by atoms with Crippen LogP contribution in [0.5, 0.6) is 5.75 Å². The molecule has 4 nitrogen and oxygen atoms in total. The monoisotopic (exact) mass is 290 g/mol. The van der Waals surface area contributed by atoms with E-state index in [1.54, 1.807) is 13.8 Å². The summed E-state index contributed by atoms with van der Waals surface area (Å²) >= 11 is 0. The van der Waals surface area contributed by atoms with Crippen molar-refractivity contribution < 1.29 is 22.7 Å². The van der Waals surface area contributed by atoms with Crippen LogP contribution in [0.25, 0.3) is 0 Å². The summed E-state index contributed by atoms with van der Waals surface area (Å²) < 4.78 is 41.6. The molecule has 0 amide bonds. The Hall–Kier alpha value is -1.14. The molecule has 1 N–H and O–H groups in total. The van der Waals surface area contributed by atoms with Crippen molar-refractivity contribution in [2.45, 2.75) is 32.1 Å². The molecule has 0 saturated carbocycles. The zero-order valence-corrected chi connectivity index (χ0v) is 12.1. The summed E-state index contributed by atoms with van der Waals surface area (Å²) in [6.45, 7) is 4.68. The third kappa shape index (κ3) is 4.47. The molecule has 0 radical (unpaired) electrons. The van der Waals surface area contributed by atoms with Crippen LogP contribution in [-0.2, 0) is 9.84 Å². The minimum Gasteiger partial charge on any atom is -0.492 e. The molecule has 0 fully saturated rings. The van der Waals surface area contributed by atoms with Gasteiger partial charge in [0.2, 0.25) is 0 Å². The van der Waals surface area contributed by atoms with Crippen LogP contribution in [0.1, 0.15) is 32.4 Å². The number of sulfone groups is 1. The second kappa shape index (κ2) is 6.34. The number of halogens is 1. The van der Waals surface area contributed by atoms with Crippen LogP contribution in [-0.4, -0.2) is 31.1 Å². The molecule has 0 aliphatic carbocycles. The molecule has 0 aromatic heterocycles. The van der Waals surface area contributed by atoms with Crippen molar-refractivity contribution in [3.63, 3.8) is 0 Å². The van der Waals surface area contributed by atoms with E-state index in [0.29, 0.717) is 11.3 Å². The molecule has 6 heteroatoms. The largest absolute Gasteiger partial charge is 0.492 e. The van der Waals surface area contributed by atoms with E-state index in [1.165, 1.54) is 25.1 Å². The van der Waals surface area contributed by atoms with Crippen LogP contribution < -0.4 is 4.74 Å². The van der Waals surface area contributed by atoms with E-state index in [-0.39, 0.29) is 12.4 Å². The molecule has 1 rings (SSSR count). The van der Waals surface area contributed by atoms with Gasteiger partial charge in [-0.3, -0.25) is 0 Å². The molecule has 0 bridgehead atoms. The predicted molar refractivity (Wildman–Crippen MR) is 71.5 cm³/mol. The molecular weight excluding hydrogens is 271 g/mol. The van der Waals surface area contributed by atoms with E-state index in [1.807, 2.05) is 0 Å². The minimum absolute atomic E-state index is 0.0220. The van der Waals surface area contributed by atoms with Gasteiger partial charge in [-0.15, -0.1) is 0 Å². The first kappa shape index (κ1) is 15.9. The fraction of sp³-hybridized carbons (Fsp3) is 0.538. The van der Waals surface area contributed by atoms with Crippen LogP contribution in [0.15, 0.2) is 18.2 Å². The topological polar surface area (TPSA) is 63.6 Å². The Kier molecular flexibility index (Phi) is 5.31. The van der Waals surface area contributed by atoms with Crippen molar-refractivity contribution >= 4 is 9.84 Å². The number of benzene rings is 1. The van der Waals surface area contributed by atoms with Crippen molar-refractivity contribution in [1.82, 2.24) is 0 Å². The highest BCUT2D eigenvalue weighted by Gasteiger charge is 2.17. The second-order valence-electron chi connectivity index (χ2n) is 4.62. The van der Waals surface area contributed by atoms with E-state index >= 15 is 0 Å². The molecule has 0 spiro atoms. The number of aliphatic hydroxyl groups excluding tert-OH is 1. The quantitative estimate of drug-likeness (QED) is 0.871. The van der Waals surface area contributed by atoms with Gasteiger partial charge < -0.3 is 9.84 Å². The minimum atomic E-state index is -3.17. The fourth-order valence-electron chi connectivity index (χ4n) is 1.48. The first-order chi connectivity index (χ1) is 8.74. The lowest BCUT2D eigenvalue weighted by molar-refractivity contribution is 0.191. The first-order valence-corrected chi connectivity index (χ1v) is 7.77. The lowest BCUT2D eigenvalue weighted by Crippen LogP contribution is -2.22. The molecular formula is C13H19FO4S. The molecule has 108 valence electrons. The van der Waals surface area contributed by atoms with E-state index in [4.69, 9.17) is 4.74 Å². The summed E-state index contributed by atoms with van der Waals surface area (Å²) in [6.07, 6.45) is -0.882. The maximum Gasteiger partial charge on any atom is 0.155 e. The molecule has 1 atom stereocenters. The van der Waals surface area contributed by atoms with E-state index in [2.05, 4.69) is 0 Å². The van der Waals surface area contributed by atoms with Gasteiger partial charge in [0, 0.05) is 5.56 Å². The van der Waals surface area contributed by atoms with Gasteiger partial charge >= 0.3 is 0 Å². The van der Waals surface area contributed by atoms with Gasteiger partial charge in [0.25, 0.3) is 0 Å². The zero-order valence-electron chi connectivity index (χ0n) is 11.3. The van der Waals surface area contributed by atoms with Crippen molar-refractivity contribution in [2.24, 2.45) is 0 Å². The van der Waals surface area contributed by atoms with Crippen molar-refractivity contribution in [1.29, 1.82) is 0 Å². The van der Waals surface area contributed by atoms with Gasteiger partial charge in [-0.2, -0.15) is 0 Å². The molecule has 0 heterocycles. The van der Waals surface area contributed by atoms with Crippen molar-refractivity contribution in [3.05, 3.63) is 29.6 Å². The highest BCUT2D eigenvalue weighted by atomic mass is 32.2. The zero-order chi connectivity index (χ0) is 14.6. The molecule has 0 saturated heterocycles. The summed E-state index contributed by atoms with van der Waals surface area (Å²) in [7, 11) is -3.17. The van der Waals surface area contributed by atoms with Crippen molar-refractivity contribution in [2.75, 3.05) is 12.4 Å². The molecule has 0 unspecified atom stereocenters. The Bertz CT molecular complexity index is 523. The SMILES string of the molecule is CC(C)S(=O)(=O)CCOc1ccc(F)cc1[C@H](C)O. The summed E-state index contributed by atoms with van der Waals surface area (Å²) in [5.41, 5.74) is 0.307. The number of hydrogen-bond donors (Lipinski definition) is 1. The van der Waals surface area contributed by atoms with Crippen LogP contribution >= 0.6 is 0 Å². The maximum atomic E-state index is 13.1. The Morgan fingerprint density at radius 2 is 1.95 bits per heavy atom. The third-order valence-electron chi connectivity index (χ3n) is 2.77. The smallest absolute Gasteiger partial charge is 0.155 e. The van der Waals surface area contributed by atoms with Gasteiger partial charge in [-0.05, 0) is 39.0 Å². The van der Waals surface area contributed by atoms with E-state index in [0.717, 1.165) is 0 Å². The lowest BCUT2D eigenvalue weighted by Gasteiger charge is -2.14. The Labute approximate surface area is 113 Å². The highest BCUT2D eigenvalue weighted by molar-refractivity contribution is 7.91. The van der Waals surface area contributed by atoms with Gasteiger partial charge in [-0.25, -0.2) is 12.8 Å². The summed E-state index contributed by atoms with van der Waals surface area (Å²) in [5.74, 6) is -0.283. The van der Waals surface area contributed by atoms with E-state index in [9.17, 15) is 17.9 Å². The normalized spacial score (nSPS) is 13.6. The number of hydrogen-bond acceptors (Lipinski definition) is 4. The van der Waals surface area contributed by atoms with Crippen LogP contribution in [0.4, 0.5) is 4.39 Å². The van der Waals surface area contributed by atoms with E-state index < -0.39 is 27.0 Å². The average Bonchev–Trinajstić information content (AvgIpc) is 2.30. The number of rotatable bonds is 6. The maximum absolute atomic E-state index is 13.1. The van der Waals surface area contributed by atoms with Gasteiger partial charge in [0.05, 0.1) is 17.1 Å². The predicted octanol–water partition coefficient (Wildman–Crippen LogP) is 2.08. The first-order valence-electron chi connectivity index (χ1n) is 6.06. The lowest BCUT2D eigenvalue weighted by atomic mass is 10.1. The van der Waals surface area contributed by atoms with Crippen LogP contribution in [0.2, 0.25) is 0 Å². The third-order valence-corrected chi connectivity index (χ3v) is 4.94. The number of ether oxygens (including phenoxy) is 1. The molecule has 0 aliphatic heterocycles. The summed E-state index contributed by atoms with van der Waals surface area (Å²) in [4.78, 5) is 0. The average molecular weight is 290 g/mol. The Morgan fingerprint density at radius 1 is 1.32 bits per heavy atom. The van der Waals surface area contributed by atoms with Crippen molar-refractivity contribution in [3.8, 4) is 5.75 Å². The fourth-order valence-corrected chi connectivity index (χ4v) is 2.27. The highest BCUT2D eigenvalue weighted by Crippen LogP contribution is 2.26. The van der Waals surface area contributed by atoms with Gasteiger partial charge in [-0.1, -0.05) is 0 Å². The molecule has 0 aliphatic rings. The summed E-state index contributed by atoms with van der Waals surface area (Å²) in [5, 5.41) is 9.05. The Morgan fingerprint density at radius 3 is 2.47 bits per heavy atom. The molecule has 1 aromatic rings. The molecule has 19 heavy (non-hydrogen) atoms. The van der Waals surface area contributed by atoms with Gasteiger partial charge in [0.15, 0.2) is 9.84 Å². The Balaban J connectivity index is 2.74. The second-order valence-corrected chi connectivity index (χ2v) is 7.30. The molecule has 1 aromatic carbocycles. The standard InChI is InChI=1S/C13H19FO4S/c1-9(2)19(16,17)7-6-18-13-5-4-11(14)8-12(13)10(3)15/h4-5,8-10,15H,6-7H2,1-3H3/t10-/m0/s1.